The Balaban J connectivity index is 3.48. The summed E-state index contributed by atoms with van der Waals surface area (Å²) in [5.74, 6) is -1.24. The third kappa shape index (κ3) is 3.05. The van der Waals surface area contributed by atoms with E-state index in [9.17, 15) is 4.79 Å². The van der Waals surface area contributed by atoms with Crippen molar-refractivity contribution < 1.29 is 9.90 Å². The van der Waals surface area contributed by atoms with E-state index in [1.165, 1.54) is 12.1 Å². The Bertz CT molecular complexity index is 716. The molecule has 0 bridgehead atoms. The molecule has 98 valence electrons. The largest absolute Gasteiger partial charge is 0.478 e. The number of anilines is 1. The van der Waals surface area contributed by atoms with Crippen LogP contribution in [0.25, 0.3) is 0 Å². The molecular formula is C13H7ClN4O2. The highest BCUT2D eigenvalue weighted by Crippen LogP contribution is 2.27. The predicted molar refractivity (Wildman–Crippen MR) is 70.6 cm³/mol. The number of aromatic carboxylic acids is 1. The molecule has 1 aromatic carbocycles. The third-order valence-corrected chi connectivity index (χ3v) is 2.58. The molecule has 0 saturated carbocycles. The molecule has 0 aliphatic heterocycles. The first-order valence-electron chi connectivity index (χ1n) is 5.19. The monoisotopic (exact) mass is 286 g/mol. The minimum absolute atomic E-state index is 0.112. The summed E-state index contributed by atoms with van der Waals surface area (Å²) >= 11 is 5.78. The van der Waals surface area contributed by atoms with Crippen LogP contribution in [0.4, 0.5) is 5.69 Å². The van der Waals surface area contributed by atoms with Crippen LogP contribution in [-0.4, -0.2) is 11.1 Å². The van der Waals surface area contributed by atoms with Gasteiger partial charge in [0.15, 0.2) is 5.57 Å². The number of nitrogens with zero attached hydrogens (tertiary/aromatic N) is 3. The Hall–Kier alpha value is -3.01. The van der Waals surface area contributed by atoms with Crippen molar-refractivity contribution in [2.75, 3.05) is 5.32 Å². The Kier molecular flexibility index (Phi) is 4.70. The van der Waals surface area contributed by atoms with Gasteiger partial charge >= 0.3 is 5.97 Å². The van der Waals surface area contributed by atoms with Crippen LogP contribution in [0, 0.1) is 40.9 Å². The zero-order valence-electron chi connectivity index (χ0n) is 10.2. The maximum Gasteiger partial charge on any atom is 0.337 e. The summed E-state index contributed by atoms with van der Waals surface area (Å²) in [7, 11) is 0. The summed E-state index contributed by atoms with van der Waals surface area (Å²) in [5.41, 5.74) is -0.321. The zero-order valence-corrected chi connectivity index (χ0v) is 11.0. The fraction of sp³-hybridized carbons (Fsp3) is 0.0769. The van der Waals surface area contributed by atoms with Gasteiger partial charge in [0.05, 0.1) is 11.3 Å². The molecule has 1 rings (SSSR count). The van der Waals surface area contributed by atoms with Crippen molar-refractivity contribution in [2.45, 2.75) is 6.92 Å². The number of hydrogen-bond acceptors (Lipinski definition) is 5. The summed E-state index contributed by atoms with van der Waals surface area (Å²) in [5, 5.41) is 38.3. The molecule has 0 unspecified atom stereocenters. The van der Waals surface area contributed by atoms with Gasteiger partial charge in [-0.3, -0.25) is 0 Å². The predicted octanol–water partition coefficient (Wildman–Crippen LogP) is 2.58. The number of carbonyl (C=O) groups is 1. The molecular weight excluding hydrogens is 280 g/mol. The summed E-state index contributed by atoms with van der Waals surface area (Å²) < 4.78 is 0. The highest BCUT2D eigenvalue weighted by molar-refractivity contribution is 6.31. The average Bonchev–Trinajstić information content (AvgIpc) is 2.40. The van der Waals surface area contributed by atoms with Crippen molar-refractivity contribution in [1.82, 2.24) is 0 Å². The van der Waals surface area contributed by atoms with E-state index in [0.717, 1.165) is 0 Å². The maximum absolute atomic E-state index is 11.2. The standard InChI is InChI=1S/C13H7ClN4O2/c1-7-2-9(14)3-10(13(19)20)12(7)18-11(6-17)8(4-15)5-16/h2-3,18H,1H3,(H,19,20). The van der Waals surface area contributed by atoms with Gasteiger partial charge < -0.3 is 10.4 Å². The molecule has 0 aliphatic rings. The number of hydrogen-bond donors (Lipinski definition) is 2. The summed E-state index contributed by atoms with van der Waals surface area (Å²) in [6.45, 7) is 1.59. The molecule has 0 aromatic heterocycles. The molecule has 2 N–H and O–H groups in total. The third-order valence-electron chi connectivity index (χ3n) is 2.37. The van der Waals surface area contributed by atoms with E-state index in [1.807, 2.05) is 0 Å². The van der Waals surface area contributed by atoms with Crippen molar-refractivity contribution >= 4 is 23.3 Å². The molecule has 20 heavy (non-hydrogen) atoms. The minimum atomic E-state index is -1.24. The average molecular weight is 287 g/mol. The van der Waals surface area contributed by atoms with Crippen molar-refractivity contribution in [3.05, 3.63) is 39.6 Å². The lowest BCUT2D eigenvalue weighted by Gasteiger charge is -2.12. The number of allylic oxidation sites excluding steroid dienone is 2. The fourth-order valence-corrected chi connectivity index (χ4v) is 1.76. The summed E-state index contributed by atoms with van der Waals surface area (Å²) in [4.78, 5) is 11.2. The Morgan fingerprint density at radius 2 is 1.85 bits per heavy atom. The lowest BCUT2D eigenvalue weighted by Crippen LogP contribution is -2.08. The lowest BCUT2D eigenvalue weighted by atomic mass is 10.1. The second-order valence-corrected chi connectivity index (χ2v) is 4.10. The van der Waals surface area contributed by atoms with E-state index in [0.29, 0.717) is 5.56 Å². The summed E-state index contributed by atoms with van der Waals surface area (Å²) in [6, 6.07) is 7.50. The first-order chi connectivity index (χ1) is 9.44. The van der Waals surface area contributed by atoms with Gasteiger partial charge in [-0.25, -0.2) is 4.79 Å². The number of benzene rings is 1. The molecule has 0 spiro atoms. The fourth-order valence-electron chi connectivity index (χ4n) is 1.49. The smallest absolute Gasteiger partial charge is 0.337 e. The van der Waals surface area contributed by atoms with E-state index in [1.54, 1.807) is 25.1 Å². The van der Waals surface area contributed by atoms with Gasteiger partial charge in [-0.2, -0.15) is 15.8 Å². The molecule has 0 atom stereocenters. The van der Waals surface area contributed by atoms with Gasteiger partial charge in [-0.05, 0) is 24.6 Å². The highest BCUT2D eigenvalue weighted by Gasteiger charge is 2.16. The lowest BCUT2D eigenvalue weighted by molar-refractivity contribution is 0.0698. The molecule has 0 amide bonds. The van der Waals surface area contributed by atoms with Gasteiger partial charge in [0.2, 0.25) is 0 Å². The van der Waals surface area contributed by atoms with Gasteiger partial charge in [-0.1, -0.05) is 11.6 Å². The molecule has 0 fully saturated rings. The van der Waals surface area contributed by atoms with Crippen molar-refractivity contribution in [3.8, 4) is 18.2 Å². The number of aryl methyl sites for hydroxylation is 1. The number of carboxylic acid groups (broad SMARTS) is 1. The first kappa shape index (κ1) is 15.0. The quantitative estimate of drug-likeness (QED) is 0.824. The molecule has 0 aliphatic carbocycles. The van der Waals surface area contributed by atoms with Gasteiger partial charge in [-0.15, -0.1) is 0 Å². The van der Waals surface area contributed by atoms with E-state index >= 15 is 0 Å². The maximum atomic E-state index is 11.2. The number of halogens is 1. The van der Waals surface area contributed by atoms with E-state index in [4.69, 9.17) is 32.5 Å². The second-order valence-electron chi connectivity index (χ2n) is 3.66. The second kappa shape index (κ2) is 6.24. The topological polar surface area (TPSA) is 121 Å². The molecule has 7 heteroatoms. The van der Waals surface area contributed by atoms with Crippen molar-refractivity contribution in [2.24, 2.45) is 0 Å². The number of carboxylic acids is 1. The van der Waals surface area contributed by atoms with Crippen LogP contribution < -0.4 is 5.32 Å². The van der Waals surface area contributed by atoms with Crippen LogP contribution in [0.2, 0.25) is 5.02 Å². The minimum Gasteiger partial charge on any atom is -0.478 e. The Labute approximate surface area is 119 Å². The van der Waals surface area contributed by atoms with Crippen molar-refractivity contribution in [3.63, 3.8) is 0 Å². The zero-order chi connectivity index (χ0) is 15.3. The van der Waals surface area contributed by atoms with E-state index in [2.05, 4.69) is 5.32 Å². The first-order valence-corrected chi connectivity index (χ1v) is 5.57. The Morgan fingerprint density at radius 3 is 2.30 bits per heavy atom. The number of rotatable bonds is 3. The molecule has 0 saturated heterocycles. The van der Waals surface area contributed by atoms with Crippen LogP contribution >= 0.6 is 11.6 Å². The Morgan fingerprint density at radius 1 is 1.25 bits per heavy atom. The van der Waals surface area contributed by atoms with E-state index in [-0.39, 0.29) is 22.0 Å². The van der Waals surface area contributed by atoms with Crippen LogP contribution in [-0.2, 0) is 0 Å². The van der Waals surface area contributed by atoms with Gasteiger partial charge in [0, 0.05) is 5.02 Å². The van der Waals surface area contributed by atoms with Crippen molar-refractivity contribution in [1.29, 1.82) is 15.8 Å². The molecule has 1 aromatic rings. The van der Waals surface area contributed by atoms with Crippen LogP contribution in [0.3, 0.4) is 0 Å². The number of nitrogens with one attached hydrogen (secondary N) is 1. The number of nitriles is 3. The van der Waals surface area contributed by atoms with E-state index < -0.39 is 11.5 Å². The molecule has 0 radical (unpaired) electrons. The van der Waals surface area contributed by atoms with Crippen LogP contribution in [0.1, 0.15) is 15.9 Å². The van der Waals surface area contributed by atoms with Crippen LogP contribution in [0.5, 0.6) is 0 Å². The summed E-state index contributed by atoms with van der Waals surface area (Å²) in [6.07, 6.45) is 0. The SMILES string of the molecule is Cc1cc(Cl)cc(C(=O)O)c1NC(C#N)=C(C#N)C#N. The molecule has 0 heterocycles. The highest BCUT2D eigenvalue weighted by atomic mass is 35.5. The van der Waals surface area contributed by atoms with Crippen LogP contribution in [0.15, 0.2) is 23.4 Å². The van der Waals surface area contributed by atoms with Gasteiger partial charge in [0.25, 0.3) is 0 Å². The normalized spacial score (nSPS) is 8.75. The van der Waals surface area contributed by atoms with Gasteiger partial charge in [0.1, 0.15) is 23.9 Å². The molecule has 6 nitrogen and oxygen atoms in total.